The molecule has 0 atom stereocenters. The first kappa shape index (κ1) is 15.5. The van der Waals surface area contributed by atoms with Crippen LogP contribution in [-0.2, 0) is 12.0 Å². The van der Waals surface area contributed by atoms with Crippen LogP contribution < -0.4 is 5.32 Å². The second-order valence-electron chi connectivity index (χ2n) is 6.15. The van der Waals surface area contributed by atoms with E-state index in [1.54, 1.807) is 11.3 Å². The standard InChI is InChI=1S/C16H21BrN2S/c1-10-6-12(17)7-11(2)14(10)18-8-13-9-19-15(20-13)16(3,4)5/h6-7,9,18H,8H2,1-5H3. The third kappa shape index (κ3) is 3.61. The van der Waals surface area contributed by atoms with Gasteiger partial charge in [0.2, 0.25) is 0 Å². The highest BCUT2D eigenvalue weighted by Gasteiger charge is 2.17. The molecule has 0 aliphatic rings. The number of aromatic nitrogens is 1. The molecular weight excluding hydrogens is 332 g/mol. The van der Waals surface area contributed by atoms with Crippen LogP contribution in [0.15, 0.2) is 22.8 Å². The van der Waals surface area contributed by atoms with E-state index >= 15 is 0 Å². The fourth-order valence-corrected chi connectivity index (χ4v) is 3.70. The number of hydrogen-bond acceptors (Lipinski definition) is 3. The van der Waals surface area contributed by atoms with Gasteiger partial charge in [-0.1, -0.05) is 36.7 Å². The van der Waals surface area contributed by atoms with Crippen molar-refractivity contribution in [2.45, 2.75) is 46.6 Å². The molecule has 4 heteroatoms. The molecule has 2 rings (SSSR count). The lowest BCUT2D eigenvalue weighted by molar-refractivity contribution is 0.585. The van der Waals surface area contributed by atoms with Gasteiger partial charge in [0.1, 0.15) is 0 Å². The van der Waals surface area contributed by atoms with Gasteiger partial charge >= 0.3 is 0 Å². The molecule has 2 aromatic rings. The van der Waals surface area contributed by atoms with Gasteiger partial charge in [0.05, 0.1) is 11.6 Å². The fraction of sp³-hybridized carbons (Fsp3) is 0.438. The highest BCUT2D eigenvalue weighted by molar-refractivity contribution is 9.10. The fourth-order valence-electron chi connectivity index (χ4n) is 2.10. The molecule has 20 heavy (non-hydrogen) atoms. The van der Waals surface area contributed by atoms with Crippen molar-refractivity contribution in [3.05, 3.63) is 43.8 Å². The summed E-state index contributed by atoms with van der Waals surface area (Å²) in [6.07, 6.45) is 1.99. The van der Waals surface area contributed by atoms with E-state index in [4.69, 9.17) is 0 Å². The maximum atomic E-state index is 4.53. The van der Waals surface area contributed by atoms with Gasteiger partial charge in [-0.25, -0.2) is 4.98 Å². The summed E-state index contributed by atoms with van der Waals surface area (Å²) in [6, 6.07) is 4.28. The number of nitrogens with one attached hydrogen (secondary N) is 1. The first-order chi connectivity index (χ1) is 9.27. The smallest absolute Gasteiger partial charge is 0.0981 e. The van der Waals surface area contributed by atoms with Crippen LogP contribution in [0.25, 0.3) is 0 Å². The number of nitrogens with zero attached hydrogens (tertiary/aromatic N) is 1. The quantitative estimate of drug-likeness (QED) is 0.796. The Morgan fingerprint density at radius 1 is 1.20 bits per heavy atom. The van der Waals surface area contributed by atoms with E-state index in [0.29, 0.717) is 0 Å². The van der Waals surface area contributed by atoms with E-state index in [9.17, 15) is 0 Å². The lowest BCUT2D eigenvalue weighted by Crippen LogP contribution is -2.09. The van der Waals surface area contributed by atoms with Crippen molar-refractivity contribution in [1.29, 1.82) is 0 Å². The zero-order valence-corrected chi connectivity index (χ0v) is 15.1. The Balaban J connectivity index is 2.12. The summed E-state index contributed by atoms with van der Waals surface area (Å²) in [7, 11) is 0. The molecule has 0 saturated carbocycles. The molecule has 0 bridgehead atoms. The molecule has 1 aromatic carbocycles. The molecule has 0 fully saturated rings. The summed E-state index contributed by atoms with van der Waals surface area (Å²) < 4.78 is 1.13. The van der Waals surface area contributed by atoms with Gasteiger partial charge in [-0.2, -0.15) is 0 Å². The van der Waals surface area contributed by atoms with Crippen molar-refractivity contribution in [2.24, 2.45) is 0 Å². The van der Waals surface area contributed by atoms with Gasteiger partial charge in [-0.15, -0.1) is 11.3 Å². The molecule has 0 saturated heterocycles. The van der Waals surface area contributed by atoms with Crippen molar-refractivity contribution >= 4 is 33.0 Å². The molecule has 1 aromatic heterocycles. The normalized spacial score (nSPS) is 11.7. The molecule has 0 radical (unpaired) electrons. The van der Waals surface area contributed by atoms with E-state index < -0.39 is 0 Å². The molecule has 2 nitrogen and oxygen atoms in total. The Morgan fingerprint density at radius 3 is 2.30 bits per heavy atom. The summed E-state index contributed by atoms with van der Waals surface area (Å²) in [5.74, 6) is 0. The number of benzene rings is 1. The van der Waals surface area contributed by atoms with E-state index in [1.165, 1.54) is 26.7 Å². The van der Waals surface area contributed by atoms with Crippen molar-refractivity contribution in [3.63, 3.8) is 0 Å². The number of thiazole rings is 1. The van der Waals surface area contributed by atoms with E-state index in [-0.39, 0.29) is 5.41 Å². The minimum Gasteiger partial charge on any atom is -0.380 e. The Kier molecular flexibility index (Phi) is 4.55. The molecule has 108 valence electrons. The largest absolute Gasteiger partial charge is 0.380 e. The van der Waals surface area contributed by atoms with Gasteiger partial charge in [0.15, 0.2) is 0 Å². The Morgan fingerprint density at radius 2 is 1.80 bits per heavy atom. The van der Waals surface area contributed by atoms with Gasteiger partial charge < -0.3 is 5.32 Å². The molecule has 0 aliphatic heterocycles. The molecule has 0 spiro atoms. The minimum absolute atomic E-state index is 0.131. The van der Waals surface area contributed by atoms with Crippen LogP contribution in [0, 0.1) is 13.8 Å². The summed E-state index contributed by atoms with van der Waals surface area (Å²) in [4.78, 5) is 5.80. The van der Waals surface area contributed by atoms with Crippen LogP contribution >= 0.6 is 27.3 Å². The number of rotatable bonds is 3. The second-order valence-corrected chi connectivity index (χ2v) is 8.18. The number of hydrogen-bond donors (Lipinski definition) is 1. The number of halogens is 1. The molecule has 1 heterocycles. The topological polar surface area (TPSA) is 24.9 Å². The predicted octanol–water partition coefficient (Wildman–Crippen LogP) is 5.43. The monoisotopic (exact) mass is 352 g/mol. The van der Waals surface area contributed by atoms with Crippen LogP contribution in [-0.4, -0.2) is 4.98 Å². The van der Waals surface area contributed by atoms with Gasteiger partial charge in [0, 0.05) is 26.6 Å². The van der Waals surface area contributed by atoms with Crippen LogP contribution in [0.5, 0.6) is 0 Å². The highest BCUT2D eigenvalue weighted by atomic mass is 79.9. The van der Waals surface area contributed by atoms with Crippen molar-refractivity contribution in [3.8, 4) is 0 Å². The van der Waals surface area contributed by atoms with Crippen LogP contribution in [0.1, 0.15) is 41.8 Å². The second kappa shape index (κ2) is 5.86. The first-order valence-corrected chi connectivity index (χ1v) is 8.34. The van der Waals surface area contributed by atoms with Crippen LogP contribution in [0.4, 0.5) is 5.69 Å². The maximum absolute atomic E-state index is 4.53. The van der Waals surface area contributed by atoms with Gasteiger partial charge in [-0.3, -0.25) is 0 Å². The summed E-state index contributed by atoms with van der Waals surface area (Å²) in [6.45, 7) is 11.7. The summed E-state index contributed by atoms with van der Waals surface area (Å²) >= 11 is 5.32. The molecule has 0 aliphatic carbocycles. The zero-order valence-electron chi connectivity index (χ0n) is 12.7. The zero-order chi connectivity index (χ0) is 14.9. The Hall–Kier alpha value is -0.870. The Bertz CT molecular complexity index is 588. The SMILES string of the molecule is Cc1cc(Br)cc(C)c1NCc1cnc(C(C)(C)C)s1. The van der Waals surface area contributed by atoms with E-state index in [0.717, 1.165) is 11.0 Å². The van der Waals surface area contributed by atoms with Crippen molar-refractivity contribution < 1.29 is 0 Å². The average molecular weight is 353 g/mol. The summed E-state index contributed by atoms with van der Waals surface area (Å²) in [5, 5.41) is 4.73. The molecular formula is C16H21BrN2S. The van der Waals surface area contributed by atoms with Crippen molar-refractivity contribution in [1.82, 2.24) is 4.98 Å². The third-order valence-electron chi connectivity index (χ3n) is 3.13. The van der Waals surface area contributed by atoms with E-state index in [2.05, 4.69) is 73.0 Å². The summed E-state index contributed by atoms with van der Waals surface area (Å²) in [5.41, 5.74) is 3.88. The average Bonchev–Trinajstić information content (AvgIpc) is 2.75. The lowest BCUT2D eigenvalue weighted by Gasteiger charge is -2.14. The van der Waals surface area contributed by atoms with E-state index in [1.807, 2.05) is 6.20 Å². The van der Waals surface area contributed by atoms with Crippen LogP contribution in [0.3, 0.4) is 0 Å². The lowest BCUT2D eigenvalue weighted by atomic mass is 9.98. The van der Waals surface area contributed by atoms with Gasteiger partial charge in [-0.05, 0) is 37.1 Å². The maximum Gasteiger partial charge on any atom is 0.0981 e. The van der Waals surface area contributed by atoms with Gasteiger partial charge in [0.25, 0.3) is 0 Å². The van der Waals surface area contributed by atoms with Crippen LogP contribution in [0.2, 0.25) is 0 Å². The minimum atomic E-state index is 0.131. The third-order valence-corrected chi connectivity index (χ3v) is 5.01. The van der Waals surface area contributed by atoms with Crippen molar-refractivity contribution in [2.75, 3.05) is 5.32 Å². The Labute approximate surface area is 133 Å². The predicted molar refractivity (Wildman–Crippen MR) is 91.8 cm³/mol. The number of aryl methyl sites for hydroxylation is 2. The molecule has 0 unspecified atom stereocenters. The number of anilines is 1. The highest BCUT2D eigenvalue weighted by Crippen LogP contribution is 2.29. The molecule has 1 N–H and O–H groups in total. The first-order valence-electron chi connectivity index (χ1n) is 6.73. The molecule has 0 amide bonds.